The fourth-order valence-corrected chi connectivity index (χ4v) is 1.20. The first kappa shape index (κ1) is 11.6. The molecule has 0 saturated carbocycles. The summed E-state index contributed by atoms with van der Waals surface area (Å²) in [5.74, 6) is 0.866. The van der Waals surface area contributed by atoms with Crippen LogP contribution in [0.25, 0.3) is 0 Å². The molecule has 0 aliphatic heterocycles. The molecule has 1 unspecified atom stereocenters. The van der Waals surface area contributed by atoms with Crippen LogP contribution in [0.1, 0.15) is 12.7 Å². The highest BCUT2D eigenvalue weighted by atomic mass is 16.2. The third-order valence-electron chi connectivity index (χ3n) is 2.18. The molecule has 84 valence electrons. The Kier molecular flexibility index (Phi) is 3.79. The number of aryl methyl sites for hydroxylation is 1. The summed E-state index contributed by atoms with van der Waals surface area (Å²) >= 11 is 0. The van der Waals surface area contributed by atoms with Crippen molar-refractivity contribution in [3.63, 3.8) is 0 Å². The van der Waals surface area contributed by atoms with E-state index in [2.05, 4.69) is 15.4 Å². The van der Waals surface area contributed by atoms with Crippen molar-refractivity contribution in [3.05, 3.63) is 12.2 Å². The molecule has 15 heavy (non-hydrogen) atoms. The van der Waals surface area contributed by atoms with Crippen molar-refractivity contribution in [2.45, 2.75) is 19.5 Å². The quantitative estimate of drug-likeness (QED) is 0.721. The number of likely N-dealkylation sites (N-methyl/N-ethyl adjacent to an activating group) is 1. The summed E-state index contributed by atoms with van der Waals surface area (Å²) in [4.78, 5) is 17.1. The number of amides is 1. The van der Waals surface area contributed by atoms with Crippen LogP contribution in [0.15, 0.2) is 6.33 Å². The largest absolute Gasteiger partial charge is 0.347 e. The van der Waals surface area contributed by atoms with Gasteiger partial charge in [-0.1, -0.05) is 0 Å². The van der Waals surface area contributed by atoms with Gasteiger partial charge in [0, 0.05) is 21.1 Å². The van der Waals surface area contributed by atoms with Gasteiger partial charge in [0.2, 0.25) is 5.91 Å². The van der Waals surface area contributed by atoms with Crippen molar-refractivity contribution in [2.75, 3.05) is 14.1 Å². The highest BCUT2D eigenvalue weighted by Gasteiger charge is 2.14. The third-order valence-corrected chi connectivity index (χ3v) is 2.18. The molecular formula is C9H17N5O. The number of hydrogen-bond donors (Lipinski definition) is 1. The second-order valence-electron chi connectivity index (χ2n) is 3.64. The summed E-state index contributed by atoms with van der Waals surface area (Å²) < 4.78 is 1.68. The second-order valence-corrected chi connectivity index (χ2v) is 3.64. The summed E-state index contributed by atoms with van der Waals surface area (Å²) in [5, 5.41) is 7.04. The fraction of sp³-hybridized carbons (Fsp3) is 0.667. The van der Waals surface area contributed by atoms with E-state index in [-0.39, 0.29) is 11.9 Å². The van der Waals surface area contributed by atoms with E-state index < -0.39 is 0 Å². The second kappa shape index (κ2) is 4.88. The van der Waals surface area contributed by atoms with Crippen LogP contribution in [0.3, 0.4) is 0 Å². The minimum Gasteiger partial charge on any atom is -0.347 e. The van der Waals surface area contributed by atoms with Gasteiger partial charge < -0.3 is 4.90 Å². The molecule has 6 nitrogen and oxygen atoms in total. The molecule has 1 N–H and O–H groups in total. The number of aromatic nitrogens is 3. The minimum atomic E-state index is -0.211. The first-order chi connectivity index (χ1) is 7.02. The molecule has 6 heteroatoms. The van der Waals surface area contributed by atoms with Crippen molar-refractivity contribution in [2.24, 2.45) is 7.05 Å². The van der Waals surface area contributed by atoms with Crippen molar-refractivity contribution in [3.8, 4) is 0 Å². The SMILES string of the molecule is CC(NCc1ncnn1C)C(=O)N(C)C. The van der Waals surface area contributed by atoms with Crippen molar-refractivity contribution in [1.82, 2.24) is 25.0 Å². The molecule has 1 heterocycles. The van der Waals surface area contributed by atoms with E-state index in [9.17, 15) is 4.79 Å². The van der Waals surface area contributed by atoms with Crippen molar-refractivity contribution >= 4 is 5.91 Å². The maximum Gasteiger partial charge on any atom is 0.238 e. The molecule has 0 spiro atoms. The Bertz CT molecular complexity index is 333. The molecule has 1 amide bonds. The summed E-state index contributed by atoms with van der Waals surface area (Å²) in [6.07, 6.45) is 1.50. The number of carbonyl (C=O) groups excluding carboxylic acids is 1. The average Bonchev–Trinajstić information content (AvgIpc) is 2.59. The summed E-state index contributed by atoms with van der Waals surface area (Å²) in [5.41, 5.74) is 0. The molecule has 0 fully saturated rings. The molecule has 1 atom stereocenters. The predicted octanol–water partition coefficient (Wildman–Crippen LogP) is -0.619. The van der Waals surface area contributed by atoms with Crippen LogP contribution in [-0.2, 0) is 18.4 Å². The highest BCUT2D eigenvalue weighted by Crippen LogP contribution is 1.93. The number of nitrogens with zero attached hydrogens (tertiary/aromatic N) is 4. The summed E-state index contributed by atoms with van der Waals surface area (Å²) in [7, 11) is 5.30. The first-order valence-corrected chi connectivity index (χ1v) is 4.79. The smallest absolute Gasteiger partial charge is 0.238 e. The molecule has 0 bridgehead atoms. The summed E-state index contributed by atoms with van der Waals surface area (Å²) in [6.45, 7) is 2.37. The molecule has 0 radical (unpaired) electrons. The molecule has 1 rings (SSSR count). The number of hydrogen-bond acceptors (Lipinski definition) is 4. The van der Waals surface area contributed by atoms with Gasteiger partial charge in [0.05, 0.1) is 12.6 Å². The van der Waals surface area contributed by atoms with Crippen LogP contribution in [0.2, 0.25) is 0 Å². The molecule has 0 aliphatic rings. The van der Waals surface area contributed by atoms with Gasteiger partial charge in [-0.05, 0) is 6.92 Å². The Hall–Kier alpha value is -1.43. The Morgan fingerprint density at radius 1 is 1.67 bits per heavy atom. The van der Waals surface area contributed by atoms with Gasteiger partial charge in [0.15, 0.2) is 0 Å². The van der Waals surface area contributed by atoms with E-state index >= 15 is 0 Å². The van der Waals surface area contributed by atoms with Crippen LogP contribution in [0.4, 0.5) is 0 Å². The zero-order chi connectivity index (χ0) is 11.4. The Balaban J connectivity index is 2.44. The zero-order valence-corrected chi connectivity index (χ0v) is 9.56. The molecule has 1 aromatic heterocycles. The fourth-order valence-electron chi connectivity index (χ4n) is 1.20. The molecule has 1 aromatic rings. The minimum absolute atomic E-state index is 0.0529. The third kappa shape index (κ3) is 3.02. The number of nitrogens with one attached hydrogen (secondary N) is 1. The van der Waals surface area contributed by atoms with Crippen LogP contribution < -0.4 is 5.32 Å². The Morgan fingerprint density at radius 3 is 2.80 bits per heavy atom. The van der Waals surface area contributed by atoms with Gasteiger partial charge in [-0.2, -0.15) is 5.10 Å². The van der Waals surface area contributed by atoms with E-state index in [0.717, 1.165) is 5.82 Å². The van der Waals surface area contributed by atoms with E-state index in [4.69, 9.17) is 0 Å². The molecular weight excluding hydrogens is 194 g/mol. The first-order valence-electron chi connectivity index (χ1n) is 4.79. The van der Waals surface area contributed by atoms with Crippen LogP contribution in [0, 0.1) is 0 Å². The lowest BCUT2D eigenvalue weighted by Gasteiger charge is -2.17. The van der Waals surface area contributed by atoms with Crippen LogP contribution >= 0.6 is 0 Å². The van der Waals surface area contributed by atoms with Crippen LogP contribution in [-0.4, -0.2) is 45.7 Å². The molecule has 0 saturated heterocycles. The maximum atomic E-state index is 11.5. The van der Waals surface area contributed by atoms with E-state index in [1.807, 2.05) is 14.0 Å². The molecule has 0 aromatic carbocycles. The van der Waals surface area contributed by atoms with Gasteiger partial charge in [-0.25, -0.2) is 4.98 Å². The predicted molar refractivity (Wildman–Crippen MR) is 56.0 cm³/mol. The topological polar surface area (TPSA) is 63.1 Å². The Labute approximate surface area is 89.3 Å². The van der Waals surface area contributed by atoms with Crippen molar-refractivity contribution in [1.29, 1.82) is 0 Å². The van der Waals surface area contributed by atoms with Gasteiger partial charge >= 0.3 is 0 Å². The molecule has 0 aliphatic carbocycles. The number of carbonyl (C=O) groups is 1. The monoisotopic (exact) mass is 211 g/mol. The van der Waals surface area contributed by atoms with E-state index in [1.165, 1.54) is 6.33 Å². The number of rotatable bonds is 4. The summed E-state index contributed by atoms with van der Waals surface area (Å²) in [6, 6.07) is -0.211. The van der Waals surface area contributed by atoms with Crippen LogP contribution in [0.5, 0.6) is 0 Å². The van der Waals surface area contributed by atoms with Gasteiger partial charge in [-0.15, -0.1) is 0 Å². The lowest BCUT2D eigenvalue weighted by molar-refractivity contribution is -0.130. The van der Waals surface area contributed by atoms with Gasteiger partial charge in [-0.3, -0.25) is 14.8 Å². The van der Waals surface area contributed by atoms with E-state index in [1.54, 1.807) is 23.7 Å². The van der Waals surface area contributed by atoms with E-state index in [0.29, 0.717) is 6.54 Å². The lowest BCUT2D eigenvalue weighted by atomic mass is 10.3. The average molecular weight is 211 g/mol. The maximum absolute atomic E-state index is 11.5. The standard InChI is InChI=1S/C9H17N5O/c1-7(9(15)13(2)3)10-5-8-11-6-12-14(8)4/h6-7,10H,5H2,1-4H3. The normalized spacial score (nSPS) is 12.5. The highest BCUT2D eigenvalue weighted by molar-refractivity contribution is 5.80. The van der Waals surface area contributed by atoms with Gasteiger partial charge in [0.25, 0.3) is 0 Å². The lowest BCUT2D eigenvalue weighted by Crippen LogP contribution is -2.41. The van der Waals surface area contributed by atoms with Gasteiger partial charge in [0.1, 0.15) is 12.2 Å². The van der Waals surface area contributed by atoms with Crippen molar-refractivity contribution < 1.29 is 4.79 Å². The Morgan fingerprint density at radius 2 is 2.33 bits per heavy atom. The zero-order valence-electron chi connectivity index (χ0n) is 9.56.